The fraction of sp³-hybridized carbons (Fsp3) is 0.500. The topological polar surface area (TPSA) is 101 Å². The summed E-state index contributed by atoms with van der Waals surface area (Å²) in [6.45, 7) is 7.01. The number of benzene rings is 1. The molecule has 1 aliphatic carbocycles. The molecule has 150 valence electrons. The molecule has 0 spiro atoms. The number of pyridine rings is 1. The maximum Gasteiger partial charge on any atom is 0.341 e. The van der Waals surface area contributed by atoms with Gasteiger partial charge < -0.3 is 25.6 Å². The lowest BCUT2D eigenvalue weighted by Crippen LogP contribution is -2.54. The summed E-state index contributed by atoms with van der Waals surface area (Å²) in [6, 6.07) is 0.352. The summed E-state index contributed by atoms with van der Waals surface area (Å²) in [7, 11) is 0. The quantitative estimate of drug-likeness (QED) is 0.698. The van der Waals surface area contributed by atoms with Crippen LogP contribution in [0.5, 0.6) is 0 Å². The van der Waals surface area contributed by atoms with E-state index in [1.54, 1.807) is 11.5 Å². The minimum atomic E-state index is -1.33. The Hall–Kier alpha value is -2.61. The van der Waals surface area contributed by atoms with E-state index in [0.29, 0.717) is 24.3 Å². The van der Waals surface area contributed by atoms with Crippen molar-refractivity contribution < 1.29 is 14.3 Å². The van der Waals surface area contributed by atoms with Crippen molar-refractivity contribution >= 4 is 28.2 Å². The Bertz CT molecular complexity index is 1030. The van der Waals surface area contributed by atoms with Gasteiger partial charge in [0.15, 0.2) is 5.82 Å². The molecule has 2 aromatic rings. The second kappa shape index (κ2) is 6.48. The minimum absolute atomic E-state index is 0.00785. The molecule has 2 fully saturated rings. The number of aromatic nitrogens is 1. The molecule has 7 nitrogen and oxygen atoms in total. The van der Waals surface area contributed by atoms with E-state index in [1.165, 1.54) is 6.20 Å². The summed E-state index contributed by atoms with van der Waals surface area (Å²) in [5, 5.41) is 12.8. The van der Waals surface area contributed by atoms with Crippen molar-refractivity contribution in [2.45, 2.75) is 51.7 Å². The van der Waals surface area contributed by atoms with E-state index in [-0.39, 0.29) is 40.3 Å². The Kier molecular flexibility index (Phi) is 4.33. The molecule has 1 aromatic carbocycles. The number of nitrogen functional groups attached to an aromatic ring is 1. The van der Waals surface area contributed by atoms with Gasteiger partial charge in [-0.1, -0.05) is 0 Å². The maximum absolute atomic E-state index is 15.9. The molecule has 2 heterocycles. The third-order valence-corrected chi connectivity index (χ3v) is 5.72. The van der Waals surface area contributed by atoms with Gasteiger partial charge in [-0.2, -0.15) is 0 Å². The number of carboxylic acid groups (broad SMARTS) is 1. The predicted molar refractivity (Wildman–Crippen MR) is 107 cm³/mol. The Morgan fingerprint density at radius 1 is 1.29 bits per heavy atom. The van der Waals surface area contributed by atoms with E-state index >= 15 is 4.39 Å². The summed E-state index contributed by atoms with van der Waals surface area (Å²) in [4.78, 5) is 26.4. The highest BCUT2D eigenvalue weighted by molar-refractivity contribution is 6.01. The molecule has 1 saturated carbocycles. The highest BCUT2D eigenvalue weighted by Gasteiger charge is 2.33. The number of carbonyl (C=O) groups is 1. The van der Waals surface area contributed by atoms with Gasteiger partial charge in [-0.05, 0) is 39.2 Å². The fourth-order valence-electron chi connectivity index (χ4n) is 4.38. The van der Waals surface area contributed by atoms with Crippen LogP contribution in [0.4, 0.5) is 15.8 Å². The van der Waals surface area contributed by atoms with Gasteiger partial charge in [0.2, 0.25) is 5.43 Å². The normalized spacial score (nSPS) is 22.6. The zero-order valence-corrected chi connectivity index (χ0v) is 16.3. The first-order chi connectivity index (χ1) is 13.2. The number of anilines is 2. The lowest BCUT2D eigenvalue weighted by Gasteiger charge is -2.39. The van der Waals surface area contributed by atoms with Crippen molar-refractivity contribution in [3.8, 4) is 0 Å². The molecule has 0 amide bonds. The second-order valence-corrected chi connectivity index (χ2v) is 8.11. The summed E-state index contributed by atoms with van der Waals surface area (Å²) in [5.41, 5.74) is 6.37. The number of nitrogens with two attached hydrogens (primary N) is 1. The third kappa shape index (κ3) is 2.83. The lowest BCUT2D eigenvalue weighted by molar-refractivity contribution is 0.0695. The Balaban J connectivity index is 2.05. The Labute approximate surface area is 161 Å². The average Bonchev–Trinajstić information content (AvgIpc) is 3.43. The lowest BCUT2D eigenvalue weighted by atomic mass is 10.0. The van der Waals surface area contributed by atoms with Gasteiger partial charge in [-0.3, -0.25) is 4.79 Å². The number of rotatable bonds is 3. The summed E-state index contributed by atoms with van der Waals surface area (Å²) in [6.07, 6.45) is 2.91. The first-order valence-corrected chi connectivity index (χ1v) is 9.61. The predicted octanol–water partition coefficient (Wildman–Crippen LogP) is 2.25. The van der Waals surface area contributed by atoms with E-state index in [0.717, 1.165) is 12.8 Å². The molecule has 4 rings (SSSR count). The number of piperazine rings is 1. The first-order valence-electron chi connectivity index (χ1n) is 9.61. The van der Waals surface area contributed by atoms with Crippen molar-refractivity contribution in [1.29, 1.82) is 0 Å². The van der Waals surface area contributed by atoms with Crippen molar-refractivity contribution in [1.82, 2.24) is 9.88 Å². The molecule has 2 unspecified atom stereocenters. The third-order valence-electron chi connectivity index (χ3n) is 5.72. The van der Waals surface area contributed by atoms with E-state index < -0.39 is 17.2 Å². The van der Waals surface area contributed by atoms with Gasteiger partial charge in [-0.25, -0.2) is 9.18 Å². The first kappa shape index (κ1) is 18.7. The molecule has 1 aliphatic heterocycles. The highest BCUT2D eigenvalue weighted by atomic mass is 19.1. The number of hydrogen-bond acceptors (Lipinski definition) is 5. The zero-order chi connectivity index (χ0) is 20.3. The fourth-order valence-corrected chi connectivity index (χ4v) is 4.38. The van der Waals surface area contributed by atoms with Gasteiger partial charge in [0.1, 0.15) is 5.56 Å². The molecular weight excluding hydrogens is 363 g/mol. The molecule has 1 aromatic heterocycles. The van der Waals surface area contributed by atoms with Crippen LogP contribution >= 0.6 is 0 Å². The molecule has 0 radical (unpaired) electrons. The largest absolute Gasteiger partial charge is 0.477 e. The van der Waals surface area contributed by atoms with E-state index in [2.05, 4.69) is 5.32 Å². The highest BCUT2D eigenvalue weighted by Crippen LogP contribution is 2.42. The van der Waals surface area contributed by atoms with E-state index in [1.807, 2.05) is 18.7 Å². The number of fused-ring (bicyclic) bond motifs is 1. The van der Waals surface area contributed by atoms with Gasteiger partial charge in [-0.15, -0.1) is 0 Å². The number of carboxylic acids is 1. The number of nitrogens with one attached hydrogen (secondary N) is 1. The Morgan fingerprint density at radius 2 is 1.89 bits per heavy atom. The molecule has 8 heteroatoms. The van der Waals surface area contributed by atoms with Crippen LogP contribution < -0.4 is 21.4 Å². The molecule has 4 N–H and O–H groups in total. The van der Waals surface area contributed by atoms with Crippen LogP contribution in [0.3, 0.4) is 0 Å². The molecule has 0 bridgehead atoms. The second-order valence-electron chi connectivity index (χ2n) is 8.11. The summed E-state index contributed by atoms with van der Waals surface area (Å²) >= 11 is 0. The number of nitrogens with zero attached hydrogens (tertiary/aromatic N) is 2. The maximum atomic E-state index is 15.9. The minimum Gasteiger partial charge on any atom is -0.477 e. The van der Waals surface area contributed by atoms with Gasteiger partial charge >= 0.3 is 5.97 Å². The molecule has 28 heavy (non-hydrogen) atoms. The molecule has 1 saturated heterocycles. The van der Waals surface area contributed by atoms with Crippen molar-refractivity contribution in [2.75, 3.05) is 23.7 Å². The number of aromatic carboxylic acids is 1. The monoisotopic (exact) mass is 388 g/mol. The van der Waals surface area contributed by atoms with Gasteiger partial charge in [0, 0.05) is 37.4 Å². The molecule has 2 aliphatic rings. The van der Waals surface area contributed by atoms with Crippen molar-refractivity contribution in [2.24, 2.45) is 0 Å². The van der Waals surface area contributed by atoms with Crippen LogP contribution in [-0.2, 0) is 0 Å². The van der Waals surface area contributed by atoms with Crippen LogP contribution in [0.2, 0.25) is 0 Å². The number of halogens is 1. The smallest absolute Gasteiger partial charge is 0.341 e. The van der Waals surface area contributed by atoms with Crippen molar-refractivity contribution in [3.05, 3.63) is 33.4 Å². The summed E-state index contributed by atoms with van der Waals surface area (Å²) < 4.78 is 17.5. The van der Waals surface area contributed by atoms with Gasteiger partial charge in [0.25, 0.3) is 0 Å². The Morgan fingerprint density at radius 3 is 2.43 bits per heavy atom. The van der Waals surface area contributed by atoms with Crippen LogP contribution in [0, 0.1) is 12.7 Å². The SMILES string of the molecule is Cc1c(N2CC(C)NC(C)C2)c(F)c2c(c1N)c(=O)c(C(=O)O)cn2C1CC1. The number of hydrogen-bond donors (Lipinski definition) is 3. The van der Waals surface area contributed by atoms with E-state index in [9.17, 15) is 14.7 Å². The standard InChI is InChI=1S/C20H25FN4O3/c1-9-6-24(7-10(2)23-9)17-11(3)16(22)14-18(15(17)21)25(12-4-5-12)8-13(19(14)26)20(27)28/h8-10,12,23H,4-7,22H2,1-3H3,(H,27,28). The average molecular weight is 388 g/mol. The van der Waals surface area contributed by atoms with Crippen molar-refractivity contribution in [3.63, 3.8) is 0 Å². The van der Waals surface area contributed by atoms with Crippen LogP contribution in [0.1, 0.15) is 48.7 Å². The van der Waals surface area contributed by atoms with Crippen LogP contribution in [0.15, 0.2) is 11.0 Å². The molecular formula is C20H25FN4O3. The van der Waals surface area contributed by atoms with Crippen LogP contribution in [-0.4, -0.2) is 40.8 Å². The van der Waals surface area contributed by atoms with E-state index in [4.69, 9.17) is 5.73 Å². The summed E-state index contributed by atoms with van der Waals surface area (Å²) in [5.74, 6) is -1.82. The van der Waals surface area contributed by atoms with Crippen LogP contribution in [0.25, 0.3) is 10.9 Å². The zero-order valence-electron chi connectivity index (χ0n) is 16.3. The molecule has 2 atom stereocenters. The van der Waals surface area contributed by atoms with Gasteiger partial charge in [0.05, 0.1) is 22.3 Å².